The molecule has 9 heteroatoms. The van der Waals surface area contributed by atoms with Gasteiger partial charge >= 0.3 is 0 Å². The van der Waals surface area contributed by atoms with Gasteiger partial charge < -0.3 is 15.4 Å². The molecule has 182 valence electrons. The number of nitrogens with zero attached hydrogens (tertiary/aromatic N) is 1. The fourth-order valence-electron chi connectivity index (χ4n) is 3.81. The molecule has 2 N–H and O–H groups in total. The Morgan fingerprint density at radius 1 is 1.09 bits per heavy atom. The highest BCUT2D eigenvalue weighted by atomic mass is 32.2. The largest absolute Gasteiger partial charge is 0.349 e. The molecule has 0 aromatic rings. The molecule has 0 spiro atoms. The average Bonchev–Trinajstić information content (AvgIpc) is 3.23. The minimum Gasteiger partial charge on any atom is -0.349 e. The van der Waals surface area contributed by atoms with E-state index in [9.17, 15) is 24.0 Å². The van der Waals surface area contributed by atoms with Gasteiger partial charge in [0.05, 0.1) is 18.6 Å². The molecular weight excluding hydrogens is 430 g/mol. The van der Waals surface area contributed by atoms with Gasteiger partial charge in [-0.25, -0.2) is 0 Å². The first-order valence-corrected chi connectivity index (χ1v) is 12.8. The highest BCUT2D eigenvalue weighted by molar-refractivity contribution is 7.98. The highest BCUT2D eigenvalue weighted by Gasteiger charge is 2.34. The third kappa shape index (κ3) is 9.81. The van der Waals surface area contributed by atoms with E-state index in [1.54, 1.807) is 18.7 Å². The van der Waals surface area contributed by atoms with Crippen LogP contribution in [0.25, 0.3) is 0 Å². The lowest BCUT2D eigenvalue weighted by Gasteiger charge is -2.29. The Kier molecular flexibility index (Phi) is 12.7. The maximum Gasteiger partial charge on any atom is 0.237 e. The zero-order valence-electron chi connectivity index (χ0n) is 20.1. The topological polar surface area (TPSA) is 113 Å². The van der Waals surface area contributed by atoms with Crippen molar-refractivity contribution < 1.29 is 24.0 Å². The molecule has 32 heavy (non-hydrogen) atoms. The van der Waals surface area contributed by atoms with Gasteiger partial charge in [-0.15, -0.1) is 0 Å². The van der Waals surface area contributed by atoms with Crippen molar-refractivity contribution in [2.75, 3.05) is 25.1 Å². The summed E-state index contributed by atoms with van der Waals surface area (Å²) in [5.74, 6) is -0.863. The minimum absolute atomic E-state index is 0.00857. The van der Waals surface area contributed by atoms with Crippen molar-refractivity contribution in [3.8, 4) is 0 Å². The number of hydrogen-bond donors (Lipinski definition) is 2. The van der Waals surface area contributed by atoms with Gasteiger partial charge in [-0.05, 0) is 58.6 Å². The molecule has 0 aromatic carbocycles. The molecule has 8 nitrogen and oxygen atoms in total. The van der Waals surface area contributed by atoms with Crippen molar-refractivity contribution in [1.82, 2.24) is 15.5 Å². The van der Waals surface area contributed by atoms with Crippen molar-refractivity contribution >= 4 is 40.9 Å². The number of likely N-dealkylation sites (tertiary alicyclic amines) is 1. The number of carbonyl (C=O) groups is 5. The zero-order valence-corrected chi connectivity index (χ0v) is 20.9. The van der Waals surface area contributed by atoms with Crippen LogP contribution in [0.5, 0.6) is 0 Å². The van der Waals surface area contributed by atoms with Crippen LogP contribution >= 0.6 is 11.8 Å². The predicted octanol–water partition coefficient (Wildman–Crippen LogP) is 1.75. The Morgan fingerprint density at radius 2 is 1.78 bits per heavy atom. The van der Waals surface area contributed by atoms with E-state index in [1.165, 1.54) is 6.92 Å². The molecule has 0 bridgehead atoms. The molecule has 3 atom stereocenters. The average molecular weight is 470 g/mol. The Labute approximate surface area is 196 Å². The van der Waals surface area contributed by atoms with Crippen molar-refractivity contribution in [2.45, 2.75) is 84.3 Å². The summed E-state index contributed by atoms with van der Waals surface area (Å²) in [6.45, 7) is 7.91. The summed E-state index contributed by atoms with van der Waals surface area (Å²) in [4.78, 5) is 63.0. The lowest BCUT2D eigenvalue weighted by atomic mass is 9.97. The van der Waals surface area contributed by atoms with Gasteiger partial charge in [-0.3, -0.25) is 24.1 Å². The predicted molar refractivity (Wildman–Crippen MR) is 127 cm³/mol. The molecule has 0 aromatic heterocycles. The summed E-state index contributed by atoms with van der Waals surface area (Å²) in [6, 6.07) is -0.589. The number of hydrogen-bond acceptors (Lipinski definition) is 7. The lowest BCUT2D eigenvalue weighted by molar-refractivity contribution is -0.133. The van der Waals surface area contributed by atoms with Gasteiger partial charge in [-0.2, -0.15) is 11.8 Å². The zero-order chi connectivity index (χ0) is 24.3. The second-order valence-corrected chi connectivity index (χ2v) is 9.85. The van der Waals surface area contributed by atoms with E-state index < -0.39 is 12.0 Å². The van der Waals surface area contributed by atoms with Gasteiger partial charge in [0.2, 0.25) is 11.8 Å². The summed E-state index contributed by atoms with van der Waals surface area (Å²) in [5.41, 5.74) is 0. The van der Waals surface area contributed by atoms with Crippen LogP contribution in [0.3, 0.4) is 0 Å². The van der Waals surface area contributed by atoms with E-state index in [2.05, 4.69) is 29.4 Å². The van der Waals surface area contributed by atoms with Crippen molar-refractivity contribution in [2.24, 2.45) is 5.92 Å². The number of ketones is 3. The summed E-state index contributed by atoms with van der Waals surface area (Å²) in [6.07, 6.45) is 4.45. The number of nitrogens with one attached hydrogen (secondary N) is 2. The normalized spacial score (nSPS) is 18.2. The first-order valence-electron chi connectivity index (χ1n) is 11.4. The standard InChI is InChI=1S/C23H39N3O5S/c1-15(2)26-11-6-7-20(26)23(31)25-19(10-12-32-5)21(29)13-16(3)22(30)24-14-18(28)9-8-17(4)27/h15-16,19-20H,6-14H2,1-5H3,(H,24,30)(H,25,31)/t16-,19+,20+/m1/s1. The van der Waals surface area contributed by atoms with Crippen LogP contribution < -0.4 is 10.6 Å². The van der Waals surface area contributed by atoms with Gasteiger partial charge in [0.15, 0.2) is 11.6 Å². The molecule has 1 saturated heterocycles. The third-order valence-electron chi connectivity index (χ3n) is 5.75. The van der Waals surface area contributed by atoms with Crippen LogP contribution in [0.2, 0.25) is 0 Å². The highest BCUT2D eigenvalue weighted by Crippen LogP contribution is 2.20. The second kappa shape index (κ2) is 14.4. The number of thioether (sulfide) groups is 1. The Morgan fingerprint density at radius 3 is 2.38 bits per heavy atom. The molecule has 1 aliphatic heterocycles. The summed E-state index contributed by atoms with van der Waals surface area (Å²) < 4.78 is 0. The number of rotatable bonds is 15. The van der Waals surface area contributed by atoms with Crippen LogP contribution in [-0.2, 0) is 24.0 Å². The number of amides is 2. The summed E-state index contributed by atoms with van der Waals surface area (Å²) in [7, 11) is 0. The maximum atomic E-state index is 12.9. The van der Waals surface area contributed by atoms with Gasteiger partial charge in [0, 0.05) is 31.2 Å². The van der Waals surface area contributed by atoms with Crippen LogP contribution in [0, 0.1) is 5.92 Å². The van der Waals surface area contributed by atoms with Crippen molar-refractivity contribution in [1.29, 1.82) is 0 Å². The van der Waals surface area contributed by atoms with Crippen molar-refractivity contribution in [3.05, 3.63) is 0 Å². The van der Waals surface area contributed by atoms with E-state index in [0.29, 0.717) is 6.42 Å². The first kappa shape index (κ1) is 28.3. The van der Waals surface area contributed by atoms with E-state index in [0.717, 1.165) is 25.1 Å². The maximum absolute atomic E-state index is 12.9. The Balaban J connectivity index is 2.62. The van der Waals surface area contributed by atoms with E-state index in [1.807, 2.05) is 6.26 Å². The molecule has 0 unspecified atom stereocenters. The number of Topliss-reactive ketones (excluding diaryl/α,β-unsaturated/α-hetero) is 3. The molecule has 1 fully saturated rings. The molecule has 1 aliphatic rings. The van der Waals surface area contributed by atoms with Crippen LogP contribution in [0.15, 0.2) is 0 Å². The fourth-order valence-corrected chi connectivity index (χ4v) is 4.28. The van der Waals surface area contributed by atoms with Crippen molar-refractivity contribution in [3.63, 3.8) is 0 Å². The molecular formula is C23H39N3O5S. The summed E-state index contributed by atoms with van der Waals surface area (Å²) >= 11 is 1.60. The Bertz CT molecular complexity index is 683. The minimum atomic E-state index is -0.628. The van der Waals surface area contributed by atoms with Gasteiger partial charge in [0.1, 0.15) is 5.78 Å². The molecule has 1 heterocycles. The third-order valence-corrected chi connectivity index (χ3v) is 6.39. The van der Waals surface area contributed by atoms with Gasteiger partial charge in [-0.1, -0.05) is 6.92 Å². The fraction of sp³-hybridized carbons (Fsp3) is 0.783. The van der Waals surface area contributed by atoms with Crippen LogP contribution in [-0.4, -0.2) is 77.3 Å². The molecule has 1 rings (SSSR count). The monoisotopic (exact) mass is 469 g/mol. The van der Waals surface area contributed by atoms with Crippen LogP contribution in [0.1, 0.15) is 66.2 Å². The Hall–Kier alpha value is -1.74. The first-order chi connectivity index (χ1) is 15.1. The molecule has 0 aliphatic carbocycles. The SMILES string of the molecule is CSCC[C@H](NC(=O)[C@@H]1CCCN1C(C)C)C(=O)C[C@@H](C)C(=O)NCC(=O)CCC(C)=O. The summed E-state index contributed by atoms with van der Waals surface area (Å²) in [5, 5.41) is 5.49. The second-order valence-electron chi connectivity index (χ2n) is 8.86. The smallest absolute Gasteiger partial charge is 0.237 e. The lowest BCUT2D eigenvalue weighted by Crippen LogP contribution is -2.51. The molecule has 0 saturated carbocycles. The molecule has 0 radical (unpaired) electrons. The van der Waals surface area contributed by atoms with E-state index in [-0.39, 0.29) is 67.1 Å². The molecule has 2 amide bonds. The quantitative estimate of drug-likeness (QED) is 0.376. The van der Waals surface area contributed by atoms with Crippen LogP contribution in [0.4, 0.5) is 0 Å². The van der Waals surface area contributed by atoms with E-state index >= 15 is 0 Å². The number of carbonyl (C=O) groups excluding carboxylic acids is 5. The van der Waals surface area contributed by atoms with E-state index in [4.69, 9.17) is 0 Å². The van der Waals surface area contributed by atoms with Gasteiger partial charge in [0.25, 0.3) is 0 Å².